The van der Waals surface area contributed by atoms with Crippen LogP contribution in [0.2, 0.25) is 0 Å². The lowest BCUT2D eigenvalue weighted by Gasteiger charge is -2.20. The van der Waals surface area contributed by atoms with Gasteiger partial charge in [-0.15, -0.1) is 0 Å². The topological polar surface area (TPSA) is 33.6 Å². The van der Waals surface area contributed by atoms with Gasteiger partial charge in [0.1, 0.15) is 5.82 Å². The van der Waals surface area contributed by atoms with Gasteiger partial charge in [-0.3, -0.25) is 5.10 Å². The van der Waals surface area contributed by atoms with E-state index < -0.39 is 0 Å². The third-order valence-corrected chi connectivity index (χ3v) is 4.84. The minimum absolute atomic E-state index is 0.652. The standard InChI is InChI=1S/C11H17N3S2/c15-11-13-12-10(14(11)9-1-2-9)7-8-3-5-16-6-4-8/h8-9H,1-7H2,(H,13,15). The quantitative estimate of drug-likeness (QED) is 0.843. The summed E-state index contributed by atoms with van der Waals surface area (Å²) in [4.78, 5) is 0. The fraction of sp³-hybridized carbons (Fsp3) is 0.818. The molecule has 2 fully saturated rings. The second-order valence-corrected chi connectivity index (χ2v) is 6.42. The number of hydrogen-bond acceptors (Lipinski definition) is 3. The van der Waals surface area contributed by atoms with Crippen molar-refractivity contribution in [1.82, 2.24) is 14.8 Å². The van der Waals surface area contributed by atoms with Crippen LogP contribution in [0.15, 0.2) is 0 Å². The van der Waals surface area contributed by atoms with Crippen molar-refractivity contribution in [2.45, 2.75) is 38.1 Å². The zero-order chi connectivity index (χ0) is 11.0. The highest BCUT2D eigenvalue weighted by Crippen LogP contribution is 2.36. The average molecular weight is 255 g/mol. The van der Waals surface area contributed by atoms with E-state index in [-0.39, 0.29) is 0 Å². The zero-order valence-corrected chi connectivity index (χ0v) is 10.9. The number of nitrogens with zero attached hydrogens (tertiary/aromatic N) is 2. The van der Waals surface area contributed by atoms with Gasteiger partial charge in [-0.1, -0.05) is 0 Å². The van der Waals surface area contributed by atoms with Crippen molar-refractivity contribution >= 4 is 24.0 Å². The van der Waals surface area contributed by atoms with Crippen LogP contribution >= 0.6 is 24.0 Å². The molecule has 3 nitrogen and oxygen atoms in total. The zero-order valence-electron chi connectivity index (χ0n) is 9.32. The van der Waals surface area contributed by atoms with Crippen molar-refractivity contribution in [2.75, 3.05) is 11.5 Å². The first-order valence-electron chi connectivity index (χ1n) is 6.08. The van der Waals surface area contributed by atoms with Gasteiger partial charge in [-0.2, -0.15) is 16.9 Å². The molecule has 1 N–H and O–H groups in total. The first-order valence-corrected chi connectivity index (χ1v) is 7.64. The van der Waals surface area contributed by atoms with Gasteiger partial charge in [0.05, 0.1) is 0 Å². The molecule has 1 aromatic heterocycles. The Morgan fingerprint density at radius 2 is 2.06 bits per heavy atom. The van der Waals surface area contributed by atoms with Crippen molar-refractivity contribution in [3.8, 4) is 0 Å². The van der Waals surface area contributed by atoms with Gasteiger partial charge in [-0.25, -0.2) is 0 Å². The molecule has 0 atom stereocenters. The molecule has 2 heterocycles. The second-order valence-electron chi connectivity index (χ2n) is 4.81. The fourth-order valence-electron chi connectivity index (χ4n) is 2.40. The molecule has 0 radical (unpaired) electrons. The van der Waals surface area contributed by atoms with E-state index in [1.165, 1.54) is 43.0 Å². The molecule has 1 aromatic rings. The van der Waals surface area contributed by atoms with Crippen LogP contribution in [0.3, 0.4) is 0 Å². The fourth-order valence-corrected chi connectivity index (χ4v) is 3.90. The van der Waals surface area contributed by atoms with Gasteiger partial charge in [0.15, 0.2) is 4.77 Å². The molecular weight excluding hydrogens is 238 g/mol. The molecule has 1 aliphatic carbocycles. The van der Waals surface area contributed by atoms with Crippen LogP contribution < -0.4 is 0 Å². The molecular formula is C11H17N3S2. The van der Waals surface area contributed by atoms with Crippen molar-refractivity contribution in [2.24, 2.45) is 5.92 Å². The number of aromatic amines is 1. The Morgan fingerprint density at radius 3 is 2.75 bits per heavy atom. The van der Waals surface area contributed by atoms with Gasteiger partial charge in [0.2, 0.25) is 0 Å². The number of aromatic nitrogens is 3. The molecule has 1 aliphatic heterocycles. The van der Waals surface area contributed by atoms with Gasteiger partial charge < -0.3 is 4.57 Å². The van der Waals surface area contributed by atoms with Gasteiger partial charge >= 0.3 is 0 Å². The van der Waals surface area contributed by atoms with Crippen molar-refractivity contribution in [3.05, 3.63) is 10.6 Å². The summed E-state index contributed by atoms with van der Waals surface area (Å²) in [7, 11) is 0. The summed E-state index contributed by atoms with van der Waals surface area (Å²) in [6, 6.07) is 0.652. The lowest BCUT2D eigenvalue weighted by Crippen LogP contribution is -2.15. The minimum atomic E-state index is 0.652. The van der Waals surface area contributed by atoms with E-state index in [4.69, 9.17) is 12.2 Å². The van der Waals surface area contributed by atoms with Crippen molar-refractivity contribution < 1.29 is 0 Å². The first kappa shape index (κ1) is 10.8. The Balaban J connectivity index is 1.75. The van der Waals surface area contributed by atoms with Gasteiger partial charge in [0.25, 0.3) is 0 Å². The number of nitrogens with one attached hydrogen (secondary N) is 1. The van der Waals surface area contributed by atoms with E-state index in [0.717, 1.165) is 17.1 Å². The van der Waals surface area contributed by atoms with E-state index in [0.29, 0.717) is 6.04 Å². The molecule has 0 aromatic carbocycles. The van der Waals surface area contributed by atoms with Gasteiger partial charge in [0, 0.05) is 12.5 Å². The van der Waals surface area contributed by atoms with E-state index in [9.17, 15) is 0 Å². The third-order valence-electron chi connectivity index (χ3n) is 3.50. The highest BCUT2D eigenvalue weighted by molar-refractivity contribution is 7.99. The maximum absolute atomic E-state index is 5.30. The maximum Gasteiger partial charge on any atom is 0.195 e. The van der Waals surface area contributed by atoms with Crippen LogP contribution in [-0.2, 0) is 6.42 Å². The summed E-state index contributed by atoms with van der Waals surface area (Å²) < 4.78 is 3.08. The molecule has 0 amide bonds. The van der Waals surface area contributed by atoms with E-state index in [1.54, 1.807) is 0 Å². The van der Waals surface area contributed by atoms with Crippen LogP contribution in [0.1, 0.15) is 37.5 Å². The second kappa shape index (κ2) is 4.53. The predicted molar refractivity (Wildman–Crippen MR) is 69.4 cm³/mol. The van der Waals surface area contributed by atoms with Crippen molar-refractivity contribution in [3.63, 3.8) is 0 Å². The first-order chi connectivity index (χ1) is 7.84. The van der Waals surface area contributed by atoms with Gasteiger partial charge in [-0.05, 0) is 55.3 Å². The van der Waals surface area contributed by atoms with E-state index in [1.807, 2.05) is 0 Å². The van der Waals surface area contributed by atoms with Crippen LogP contribution in [0.5, 0.6) is 0 Å². The predicted octanol–water partition coefficient (Wildman–Crippen LogP) is 2.96. The summed E-state index contributed by atoms with van der Waals surface area (Å²) in [6.07, 6.45) is 6.36. The maximum atomic E-state index is 5.30. The highest BCUT2D eigenvalue weighted by Gasteiger charge is 2.28. The lowest BCUT2D eigenvalue weighted by molar-refractivity contribution is 0.463. The SMILES string of the molecule is S=c1[nH]nc(CC2CCSCC2)n1C1CC1. The Hall–Kier alpha value is -0.290. The Kier molecular flexibility index (Phi) is 3.07. The van der Waals surface area contributed by atoms with E-state index >= 15 is 0 Å². The molecule has 16 heavy (non-hydrogen) atoms. The monoisotopic (exact) mass is 255 g/mol. The number of H-pyrrole nitrogens is 1. The molecule has 2 aliphatic rings. The van der Waals surface area contributed by atoms with Crippen molar-refractivity contribution in [1.29, 1.82) is 0 Å². The van der Waals surface area contributed by atoms with Crippen LogP contribution in [0, 0.1) is 10.7 Å². The number of hydrogen-bond donors (Lipinski definition) is 1. The normalized spacial score (nSPS) is 22.5. The smallest absolute Gasteiger partial charge is 0.195 e. The van der Waals surface area contributed by atoms with E-state index in [2.05, 4.69) is 26.5 Å². The third kappa shape index (κ3) is 2.20. The molecule has 0 bridgehead atoms. The van der Waals surface area contributed by atoms with Crippen LogP contribution in [0.25, 0.3) is 0 Å². The minimum Gasteiger partial charge on any atom is -0.301 e. The Labute approximate surface area is 105 Å². The molecule has 1 saturated carbocycles. The average Bonchev–Trinajstić information content (AvgIpc) is 3.07. The van der Waals surface area contributed by atoms with Crippen LogP contribution in [-0.4, -0.2) is 26.3 Å². The highest BCUT2D eigenvalue weighted by atomic mass is 32.2. The molecule has 88 valence electrons. The number of thioether (sulfide) groups is 1. The largest absolute Gasteiger partial charge is 0.301 e. The summed E-state index contributed by atoms with van der Waals surface area (Å²) >= 11 is 7.38. The molecule has 0 spiro atoms. The van der Waals surface area contributed by atoms with Crippen LogP contribution in [0.4, 0.5) is 0 Å². The summed E-state index contributed by atoms with van der Waals surface area (Å²) in [5.41, 5.74) is 0. The summed E-state index contributed by atoms with van der Waals surface area (Å²) in [5.74, 6) is 4.66. The Morgan fingerprint density at radius 1 is 1.31 bits per heavy atom. The number of rotatable bonds is 3. The molecule has 1 saturated heterocycles. The summed E-state index contributed by atoms with van der Waals surface area (Å²) in [5, 5.41) is 7.37. The molecule has 5 heteroatoms. The lowest BCUT2D eigenvalue weighted by atomic mass is 9.98. The summed E-state index contributed by atoms with van der Waals surface area (Å²) in [6.45, 7) is 0. The Bertz CT molecular complexity index is 413. The molecule has 3 rings (SSSR count). The molecule has 0 unspecified atom stereocenters.